The first-order chi connectivity index (χ1) is 10.7. The number of carbonyl (C=O) groups is 1. The van der Waals surface area contributed by atoms with Crippen LogP contribution in [0.1, 0.15) is 37.1 Å². The molecular formula is C16H24N4O2. The molecule has 0 aliphatic carbocycles. The number of nitrogens with zero attached hydrogens (tertiary/aromatic N) is 3. The number of aromatic nitrogens is 2. The summed E-state index contributed by atoms with van der Waals surface area (Å²) in [6.07, 6.45) is 4.03. The SMILES string of the molecule is Cc1cc(CNC(=O)C2CCOCC2)nc(N2CCCC2)n1. The first kappa shape index (κ1) is 15.2. The van der Waals surface area contributed by atoms with Gasteiger partial charge in [0.15, 0.2) is 0 Å². The molecule has 2 aliphatic rings. The van der Waals surface area contributed by atoms with E-state index in [1.807, 2.05) is 13.0 Å². The molecule has 0 unspecified atom stereocenters. The van der Waals surface area contributed by atoms with Gasteiger partial charge in [0.05, 0.1) is 12.2 Å². The van der Waals surface area contributed by atoms with Crippen molar-refractivity contribution >= 4 is 11.9 Å². The molecule has 6 heteroatoms. The summed E-state index contributed by atoms with van der Waals surface area (Å²) in [5.41, 5.74) is 1.84. The lowest BCUT2D eigenvalue weighted by Gasteiger charge is -2.21. The van der Waals surface area contributed by atoms with Crippen molar-refractivity contribution in [2.24, 2.45) is 5.92 Å². The molecule has 0 spiro atoms. The predicted molar refractivity (Wildman–Crippen MR) is 83.6 cm³/mol. The van der Waals surface area contributed by atoms with Gasteiger partial charge in [-0.3, -0.25) is 4.79 Å². The summed E-state index contributed by atoms with van der Waals surface area (Å²) in [5, 5.41) is 3.01. The van der Waals surface area contributed by atoms with Crippen molar-refractivity contribution in [3.63, 3.8) is 0 Å². The van der Waals surface area contributed by atoms with Crippen LogP contribution in [0.15, 0.2) is 6.07 Å². The Morgan fingerprint density at radius 2 is 2.05 bits per heavy atom. The van der Waals surface area contributed by atoms with Gasteiger partial charge in [-0.1, -0.05) is 0 Å². The molecule has 120 valence electrons. The molecule has 0 aromatic carbocycles. The number of nitrogens with one attached hydrogen (secondary N) is 1. The van der Waals surface area contributed by atoms with E-state index in [1.54, 1.807) is 0 Å². The van der Waals surface area contributed by atoms with Crippen LogP contribution in [-0.2, 0) is 16.1 Å². The molecule has 0 saturated carbocycles. The maximum Gasteiger partial charge on any atom is 0.225 e. The van der Waals surface area contributed by atoms with Crippen molar-refractivity contribution in [3.05, 3.63) is 17.5 Å². The Kier molecular flexibility index (Phi) is 4.87. The van der Waals surface area contributed by atoms with Crippen molar-refractivity contribution in [1.29, 1.82) is 0 Å². The largest absolute Gasteiger partial charge is 0.381 e. The average molecular weight is 304 g/mol. The molecule has 0 atom stereocenters. The van der Waals surface area contributed by atoms with Gasteiger partial charge < -0.3 is 15.0 Å². The highest BCUT2D eigenvalue weighted by Gasteiger charge is 2.21. The molecule has 3 heterocycles. The first-order valence-electron chi connectivity index (χ1n) is 8.17. The third-order valence-corrected chi connectivity index (χ3v) is 4.32. The zero-order chi connectivity index (χ0) is 15.4. The smallest absolute Gasteiger partial charge is 0.225 e. The number of rotatable bonds is 4. The number of aryl methyl sites for hydroxylation is 1. The van der Waals surface area contributed by atoms with E-state index in [-0.39, 0.29) is 11.8 Å². The van der Waals surface area contributed by atoms with Gasteiger partial charge in [-0.15, -0.1) is 0 Å². The van der Waals surface area contributed by atoms with Crippen LogP contribution in [0, 0.1) is 12.8 Å². The van der Waals surface area contributed by atoms with Crippen LogP contribution in [-0.4, -0.2) is 42.2 Å². The third-order valence-electron chi connectivity index (χ3n) is 4.32. The van der Waals surface area contributed by atoms with Gasteiger partial charge in [0.1, 0.15) is 0 Å². The van der Waals surface area contributed by atoms with E-state index in [9.17, 15) is 4.79 Å². The summed E-state index contributed by atoms with van der Waals surface area (Å²) in [6.45, 7) is 5.87. The van der Waals surface area contributed by atoms with Crippen molar-refractivity contribution in [3.8, 4) is 0 Å². The average Bonchev–Trinajstić information content (AvgIpc) is 3.07. The standard InChI is InChI=1S/C16H24N4O2/c1-12-10-14(19-16(18-12)20-6-2-3-7-20)11-17-15(21)13-4-8-22-9-5-13/h10,13H,2-9,11H2,1H3,(H,17,21). The normalized spacial score (nSPS) is 19.4. The highest BCUT2D eigenvalue weighted by Crippen LogP contribution is 2.17. The number of anilines is 1. The first-order valence-corrected chi connectivity index (χ1v) is 8.17. The number of hydrogen-bond acceptors (Lipinski definition) is 5. The molecule has 3 rings (SSSR count). The van der Waals surface area contributed by atoms with Crippen molar-refractivity contribution in [2.75, 3.05) is 31.2 Å². The van der Waals surface area contributed by atoms with E-state index in [0.717, 1.165) is 43.3 Å². The molecule has 2 fully saturated rings. The summed E-state index contributed by atoms with van der Waals surface area (Å²) < 4.78 is 5.29. The van der Waals surface area contributed by atoms with Crippen LogP contribution in [0.3, 0.4) is 0 Å². The number of ether oxygens (including phenoxy) is 1. The molecule has 6 nitrogen and oxygen atoms in total. The van der Waals surface area contributed by atoms with Crippen LogP contribution in [0.25, 0.3) is 0 Å². The van der Waals surface area contributed by atoms with Gasteiger partial charge >= 0.3 is 0 Å². The van der Waals surface area contributed by atoms with Gasteiger partial charge in [-0.05, 0) is 38.7 Å². The highest BCUT2D eigenvalue weighted by molar-refractivity contribution is 5.78. The molecule has 2 saturated heterocycles. The van der Waals surface area contributed by atoms with E-state index < -0.39 is 0 Å². The maximum absolute atomic E-state index is 12.2. The Balaban J connectivity index is 1.60. The molecule has 1 N–H and O–H groups in total. The number of carbonyl (C=O) groups excluding carboxylic acids is 1. The summed E-state index contributed by atoms with van der Waals surface area (Å²) in [6, 6.07) is 1.95. The van der Waals surface area contributed by atoms with Crippen molar-refractivity contribution in [2.45, 2.75) is 39.2 Å². The molecule has 22 heavy (non-hydrogen) atoms. The van der Waals surface area contributed by atoms with E-state index in [2.05, 4.69) is 20.2 Å². The minimum absolute atomic E-state index is 0.0785. The van der Waals surface area contributed by atoms with Gasteiger partial charge in [0, 0.05) is 37.9 Å². The zero-order valence-electron chi connectivity index (χ0n) is 13.2. The molecule has 1 aromatic heterocycles. The Bertz CT molecular complexity index is 523. The second kappa shape index (κ2) is 7.05. The summed E-state index contributed by atoms with van der Waals surface area (Å²) in [5.74, 6) is 0.991. The van der Waals surface area contributed by atoms with Crippen LogP contribution in [0.2, 0.25) is 0 Å². The fraction of sp³-hybridized carbons (Fsp3) is 0.688. The van der Waals surface area contributed by atoms with E-state index in [1.165, 1.54) is 12.8 Å². The van der Waals surface area contributed by atoms with Crippen LogP contribution in [0.4, 0.5) is 5.95 Å². The van der Waals surface area contributed by atoms with Gasteiger partial charge in [0.2, 0.25) is 11.9 Å². The molecule has 0 radical (unpaired) electrons. The molecule has 2 aliphatic heterocycles. The summed E-state index contributed by atoms with van der Waals surface area (Å²) >= 11 is 0. The predicted octanol–water partition coefficient (Wildman–Crippen LogP) is 1.43. The second-order valence-electron chi connectivity index (χ2n) is 6.10. The Hall–Kier alpha value is -1.69. The third kappa shape index (κ3) is 3.74. The summed E-state index contributed by atoms with van der Waals surface area (Å²) in [4.78, 5) is 23.5. The quantitative estimate of drug-likeness (QED) is 0.911. The monoisotopic (exact) mass is 304 g/mol. The number of hydrogen-bond donors (Lipinski definition) is 1. The molecular weight excluding hydrogens is 280 g/mol. The number of amides is 1. The highest BCUT2D eigenvalue weighted by atomic mass is 16.5. The summed E-state index contributed by atoms with van der Waals surface area (Å²) in [7, 11) is 0. The van der Waals surface area contributed by atoms with E-state index in [4.69, 9.17) is 4.74 Å². The Morgan fingerprint density at radius 1 is 1.32 bits per heavy atom. The Morgan fingerprint density at radius 3 is 2.77 bits per heavy atom. The van der Waals surface area contributed by atoms with Gasteiger partial charge in [-0.25, -0.2) is 9.97 Å². The van der Waals surface area contributed by atoms with Crippen molar-refractivity contribution in [1.82, 2.24) is 15.3 Å². The minimum atomic E-state index is 0.0785. The van der Waals surface area contributed by atoms with Crippen LogP contribution < -0.4 is 10.2 Å². The van der Waals surface area contributed by atoms with E-state index >= 15 is 0 Å². The lowest BCUT2D eigenvalue weighted by atomic mass is 9.99. The lowest BCUT2D eigenvalue weighted by Crippen LogP contribution is -2.34. The molecule has 0 bridgehead atoms. The molecule has 1 amide bonds. The topological polar surface area (TPSA) is 67.3 Å². The van der Waals surface area contributed by atoms with Gasteiger partial charge in [-0.2, -0.15) is 0 Å². The van der Waals surface area contributed by atoms with Gasteiger partial charge in [0.25, 0.3) is 0 Å². The Labute approximate surface area is 131 Å². The fourth-order valence-corrected chi connectivity index (χ4v) is 3.05. The van der Waals surface area contributed by atoms with Crippen LogP contribution >= 0.6 is 0 Å². The van der Waals surface area contributed by atoms with E-state index in [0.29, 0.717) is 19.8 Å². The van der Waals surface area contributed by atoms with Crippen LogP contribution in [0.5, 0.6) is 0 Å². The second-order valence-corrected chi connectivity index (χ2v) is 6.10. The fourth-order valence-electron chi connectivity index (χ4n) is 3.05. The minimum Gasteiger partial charge on any atom is -0.381 e. The molecule has 1 aromatic rings. The lowest BCUT2D eigenvalue weighted by molar-refractivity contribution is -0.128. The van der Waals surface area contributed by atoms with Crippen molar-refractivity contribution < 1.29 is 9.53 Å². The maximum atomic E-state index is 12.2. The zero-order valence-corrected chi connectivity index (χ0v) is 13.2.